The van der Waals surface area contributed by atoms with Gasteiger partial charge in [-0.3, -0.25) is 0 Å². The number of hydrogen-bond acceptors (Lipinski definition) is 0. The van der Waals surface area contributed by atoms with Gasteiger partial charge in [0.1, 0.15) is 0 Å². The van der Waals surface area contributed by atoms with Crippen LogP contribution in [0.3, 0.4) is 0 Å². The van der Waals surface area contributed by atoms with Gasteiger partial charge in [0.15, 0.2) is 0 Å². The predicted molar refractivity (Wildman–Crippen MR) is 70.6 cm³/mol. The first kappa shape index (κ1) is 11.7. The topological polar surface area (TPSA) is 0 Å². The molecule has 16 heavy (non-hydrogen) atoms. The van der Waals surface area contributed by atoms with Crippen LogP contribution in [0.25, 0.3) is 0 Å². The van der Waals surface area contributed by atoms with Crippen molar-refractivity contribution in [1.82, 2.24) is 0 Å². The van der Waals surface area contributed by atoms with Gasteiger partial charge in [0.2, 0.25) is 0 Å². The Labute approximate surface area is 100 Å². The summed E-state index contributed by atoms with van der Waals surface area (Å²) in [6.45, 7) is 4.79. The summed E-state index contributed by atoms with van der Waals surface area (Å²) in [6, 6.07) is 11.1. The molecule has 0 saturated heterocycles. The molecule has 1 saturated carbocycles. The summed E-state index contributed by atoms with van der Waals surface area (Å²) >= 11 is 0. The average Bonchev–Trinajstić information content (AvgIpc) is 2.39. The van der Waals surface area contributed by atoms with Gasteiger partial charge in [-0.25, -0.2) is 0 Å². The normalized spacial score (nSPS) is 27.6. The van der Waals surface area contributed by atoms with Crippen LogP contribution >= 0.6 is 0 Å². The van der Waals surface area contributed by atoms with Gasteiger partial charge in [-0.05, 0) is 29.7 Å². The lowest BCUT2D eigenvalue weighted by Crippen LogP contribution is -2.23. The highest BCUT2D eigenvalue weighted by Gasteiger charge is 2.28. The molecule has 0 aromatic heterocycles. The van der Waals surface area contributed by atoms with Crippen molar-refractivity contribution >= 4 is 0 Å². The fourth-order valence-corrected chi connectivity index (χ4v) is 3.41. The van der Waals surface area contributed by atoms with E-state index in [1.807, 2.05) is 0 Å². The van der Waals surface area contributed by atoms with Crippen molar-refractivity contribution in [2.45, 2.75) is 51.9 Å². The second-order valence-corrected chi connectivity index (χ2v) is 5.32. The maximum atomic E-state index is 2.42. The lowest BCUT2D eigenvalue weighted by atomic mass is 9.70. The molecule has 0 amide bonds. The van der Waals surface area contributed by atoms with E-state index in [9.17, 15) is 0 Å². The van der Waals surface area contributed by atoms with Crippen molar-refractivity contribution in [2.24, 2.45) is 11.8 Å². The van der Waals surface area contributed by atoms with E-state index in [4.69, 9.17) is 0 Å². The molecule has 2 rings (SSSR count). The zero-order valence-electron chi connectivity index (χ0n) is 10.7. The Bertz CT molecular complexity index is 301. The van der Waals surface area contributed by atoms with E-state index in [1.54, 1.807) is 0 Å². The van der Waals surface area contributed by atoms with Gasteiger partial charge < -0.3 is 0 Å². The van der Waals surface area contributed by atoms with Crippen LogP contribution in [0.15, 0.2) is 30.3 Å². The van der Waals surface area contributed by atoms with Crippen molar-refractivity contribution in [3.8, 4) is 0 Å². The van der Waals surface area contributed by atoms with Gasteiger partial charge in [-0.2, -0.15) is 0 Å². The summed E-state index contributed by atoms with van der Waals surface area (Å²) in [6.07, 6.45) is 7.16. The van der Waals surface area contributed by atoms with Gasteiger partial charge >= 0.3 is 0 Å². The summed E-state index contributed by atoms with van der Waals surface area (Å²) in [5.41, 5.74) is 1.54. The van der Waals surface area contributed by atoms with Gasteiger partial charge in [-0.15, -0.1) is 0 Å². The zero-order chi connectivity index (χ0) is 11.4. The van der Waals surface area contributed by atoms with E-state index in [2.05, 4.69) is 44.2 Å². The van der Waals surface area contributed by atoms with Gasteiger partial charge in [0.25, 0.3) is 0 Å². The van der Waals surface area contributed by atoms with E-state index < -0.39 is 0 Å². The quantitative estimate of drug-likeness (QED) is 0.666. The molecule has 1 fully saturated rings. The van der Waals surface area contributed by atoms with Crippen molar-refractivity contribution in [3.05, 3.63) is 35.9 Å². The van der Waals surface area contributed by atoms with Crippen LogP contribution in [0.1, 0.15) is 57.4 Å². The molecule has 88 valence electrons. The van der Waals surface area contributed by atoms with Crippen LogP contribution in [0, 0.1) is 11.8 Å². The molecular formula is C16H24. The van der Waals surface area contributed by atoms with Crippen LogP contribution in [-0.2, 0) is 0 Å². The Morgan fingerprint density at radius 2 is 1.81 bits per heavy atom. The van der Waals surface area contributed by atoms with E-state index in [-0.39, 0.29) is 0 Å². The van der Waals surface area contributed by atoms with Gasteiger partial charge in [0.05, 0.1) is 0 Å². The Kier molecular flexibility index (Phi) is 4.04. The SMILES string of the molecule is CCC1CCCCC1C(C)c1ccccc1. The Morgan fingerprint density at radius 3 is 2.50 bits per heavy atom. The molecule has 0 heterocycles. The van der Waals surface area contributed by atoms with E-state index in [0.717, 1.165) is 17.8 Å². The monoisotopic (exact) mass is 216 g/mol. The minimum atomic E-state index is 0.742. The van der Waals surface area contributed by atoms with Crippen LogP contribution < -0.4 is 0 Å². The minimum absolute atomic E-state index is 0.742. The molecule has 1 aliphatic rings. The third kappa shape index (κ3) is 2.48. The lowest BCUT2D eigenvalue weighted by Gasteiger charge is -2.35. The fourth-order valence-electron chi connectivity index (χ4n) is 3.41. The molecule has 1 aliphatic carbocycles. The number of benzene rings is 1. The minimum Gasteiger partial charge on any atom is -0.0651 e. The van der Waals surface area contributed by atoms with Crippen LogP contribution in [0.2, 0.25) is 0 Å². The Hall–Kier alpha value is -0.780. The molecule has 0 aliphatic heterocycles. The van der Waals surface area contributed by atoms with Crippen LogP contribution in [0.5, 0.6) is 0 Å². The second-order valence-electron chi connectivity index (χ2n) is 5.32. The van der Waals surface area contributed by atoms with Gasteiger partial charge in [0, 0.05) is 0 Å². The third-order valence-corrected chi connectivity index (χ3v) is 4.46. The first-order chi connectivity index (χ1) is 7.83. The third-order valence-electron chi connectivity index (χ3n) is 4.46. The summed E-state index contributed by atoms with van der Waals surface area (Å²) in [4.78, 5) is 0. The highest BCUT2D eigenvalue weighted by molar-refractivity contribution is 5.19. The molecule has 0 spiro atoms. The molecule has 1 aromatic rings. The number of hydrogen-bond donors (Lipinski definition) is 0. The molecule has 0 nitrogen and oxygen atoms in total. The van der Waals surface area contributed by atoms with Crippen LogP contribution in [0.4, 0.5) is 0 Å². The maximum Gasteiger partial charge on any atom is -0.0159 e. The Balaban J connectivity index is 2.10. The molecule has 0 heteroatoms. The zero-order valence-corrected chi connectivity index (χ0v) is 10.7. The van der Waals surface area contributed by atoms with E-state index in [1.165, 1.54) is 37.7 Å². The van der Waals surface area contributed by atoms with E-state index >= 15 is 0 Å². The molecule has 3 atom stereocenters. The predicted octanol–water partition coefficient (Wildman–Crippen LogP) is 5.01. The van der Waals surface area contributed by atoms with Crippen LogP contribution in [-0.4, -0.2) is 0 Å². The summed E-state index contributed by atoms with van der Waals surface area (Å²) in [5.74, 6) is 2.62. The summed E-state index contributed by atoms with van der Waals surface area (Å²) in [5, 5.41) is 0. The molecule has 0 radical (unpaired) electrons. The van der Waals surface area contributed by atoms with Crippen molar-refractivity contribution < 1.29 is 0 Å². The molecular weight excluding hydrogens is 192 g/mol. The lowest BCUT2D eigenvalue weighted by molar-refractivity contribution is 0.201. The van der Waals surface area contributed by atoms with E-state index in [0.29, 0.717) is 0 Å². The highest BCUT2D eigenvalue weighted by atomic mass is 14.3. The van der Waals surface area contributed by atoms with Gasteiger partial charge in [-0.1, -0.05) is 69.9 Å². The maximum absolute atomic E-state index is 2.42. The summed E-state index contributed by atoms with van der Waals surface area (Å²) in [7, 11) is 0. The molecule has 0 N–H and O–H groups in total. The molecule has 1 aromatic carbocycles. The fraction of sp³-hybridized carbons (Fsp3) is 0.625. The standard InChI is InChI=1S/C16H24/c1-3-14-9-7-8-12-16(14)13(2)15-10-5-4-6-11-15/h4-6,10-11,13-14,16H,3,7-9,12H2,1-2H3. The number of rotatable bonds is 3. The first-order valence-electron chi connectivity index (χ1n) is 6.88. The highest BCUT2D eigenvalue weighted by Crippen LogP contribution is 2.41. The Morgan fingerprint density at radius 1 is 1.12 bits per heavy atom. The molecule has 3 unspecified atom stereocenters. The molecule has 0 bridgehead atoms. The van der Waals surface area contributed by atoms with Crippen molar-refractivity contribution in [2.75, 3.05) is 0 Å². The summed E-state index contributed by atoms with van der Waals surface area (Å²) < 4.78 is 0. The smallest absolute Gasteiger partial charge is 0.0159 e. The first-order valence-corrected chi connectivity index (χ1v) is 6.88. The van der Waals surface area contributed by atoms with Crippen molar-refractivity contribution in [3.63, 3.8) is 0 Å². The second kappa shape index (κ2) is 5.52. The largest absolute Gasteiger partial charge is 0.0651 e. The average molecular weight is 216 g/mol. The van der Waals surface area contributed by atoms with Crippen molar-refractivity contribution in [1.29, 1.82) is 0 Å².